The molecule has 0 amide bonds. The summed E-state index contributed by atoms with van der Waals surface area (Å²) in [6.45, 7) is 1.99. The third-order valence-corrected chi connectivity index (χ3v) is 3.05. The van der Waals surface area contributed by atoms with Gasteiger partial charge in [-0.15, -0.1) is 0 Å². The van der Waals surface area contributed by atoms with Crippen LogP contribution in [0.3, 0.4) is 0 Å². The van der Waals surface area contributed by atoms with Gasteiger partial charge in [0.2, 0.25) is 0 Å². The fourth-order valence-electron chi connectivity index (χ4n) is 1.59. The highest BCUT2D eigenvalue weighted by atomic mass is 79.9. The lowest BCUT2D eigenvalue weighted by Crippen LogP contribution is -2.30. The van der Waals surface area contributed by atoms with Crippen LogP contribution in [0.1, 0.15) is 23.1 Å². The van der Waals surface area contributed by atoms with E-state index in [2.05, 4.69) is 26.3 Å². The predicted molar refractivity (Wildman–Crippen MR) is 64.5 cm³/mol. The van der Waals surface area contributed by atoms with Crippen LogP contribution in [-0.2, 0) is 0 Å². The van der Waals surface area contributed by atoms with Gasteiger partial charge < -0.3 is 4.42 Å². The summed E-state index contributed by atoms with van der Waals surface area (Å²) < 4.78 is 6.27. The van der Waals surface area contributed by atoms with Gasteiger partial charge in [0, 0.05) is 6.20 Å². The van der Waals surface area contributed by atoms with E-state index in [1.807, 2.05) is 25.1 Å². The number of pyridine rings is 1. The number of nitrogens with one attached hydrogen (secondary N) is 1. The number of hydrazine groups is 1. The number of aromatic nitrogens is 1. The molecule has 3 N–H and O–H groups in total. The third-order valence-electron chi connectivity index (χ3n) is 2.40. The smallest absolute Gasteiger partial charge is 0.142 e. The van der Waals surface area contributed by atoms with Gasteiger partial charge in [-0.25, -0.2) is 5.43 Å². The van der Waals surface area contributed by atoms with Gasteiger partial charge in [-0.3, -0.25) is 10.8 Å². The Morgan fingerprint density at radius 1 is 1.50 bits per heavy atom. The van der Waals surface area contributed by atoms with E-state index < -0.39 is 0 Å². The molecule has 0 aliphatic heterocycles. The van der Waals surface area contributed by atoms with Crippen LogP contribution in [0.15, 0.2) is 39.5 Å². The number of hydrogen-bond acceptors (Lipinski definition) is 4. The van der Waals surface area contributed by atoms with Crippen molar-refractivity contribution in [2.24, 2.45) is 5.84 Å². The first-order valence-corrected chi connectivity index (χ1v) is 5.64. The Bertz CT molecular complexity index is 484. The molecule has 5 heteroatoms. The van der Waals surface area contributed by atoms with Crippen LogP contribution in [0, 0.1) is 6.92 Å². The van der Waals surface area contributed by atoms with E-state index in [1.165, 1.54) is 0 Å². The normalized spacial score (nSPS) is 12.7. The van der Waals surface area contributed by atoms with E-state index >= 15 is 0 Å². The highest BCUT2D eigenvalue weighted by molar-refractivity contribution is 9.10. The van der Waals surface area contributed by atoms with Gasteiger partial charge in [-0.1, -0.05) is 6.07 Å². The Balaban J connectivity index is 2.45. The van der Waals surface area contributed by atoms with Crippen LogP contribution >= 0.6 is 15.9 Å². The summed E-state index contributed by atoms with van der Waals surface area (Å²) in [5.74, 6) is 6.29. The molecule has 0 saturated heterocycles. The van der Waals surface area contributed by atoms with Gasteiger partial charge >= 0.3 is 0 Å². The highest BCUT2D eigenvalue weighted by Gasteiger charge is 2.21. The van der Waals surface area contributed by atoms with Gasteiger partial charge in [0.25, 0.3) is 0 Å². The monoisotopic (exact) mass is 281 g/mol. The van der Waals surface area contributed by atoms with Crippen molar-refractivity contribution >= 4 is 15.9 Å². The number of nitrogens with zero attached hydrogens (tertiary/aromatic N) is 1. The lowest BCUT2D eigenvalue weighted by atomic mass is 10.1. The molecule has 0 radical (unpaired) electrons. The Kier molecular flexibility index (Phi) is 3.38. The average molecular weight is 282 g/mol. The second-order valence-electron chi connectivity index (χ2n) is 3.44. The predicted octanol–water partition coefficient (Wildman–Crippen LogP) is 2.30. The SMILES string of the molecule is Cc1cccnc1C(NN)c1occc1Br. The van der Waals surface area contributed by atoms with Crippen LogP contribution in [0.4, 0.5) is 0 Å². The van der Waals surface area contributed by atoms with E-state index in [1.54, 1.807) is 12.5 Å². The van der Waals surface area contributed by atoms with Crippen molar-refractivity contribution < 1.29 is 4.42 Å². The van der Waals surface area contributed by atoms with Crippen molar-refractivity contribution in [3.8, 4) is 0 Å². The Labute approximate surface area is 102 Å². The van der Waals surface area contributed by atoms with Crippen molar-refractivity contribution in [3.05, 3.63) is 52.1 Å². The molecule has 2 heterocycles. The molecule has 0 bridgehead atoms. The van der Waals surface area contributed by atoms with Crippen molar-refractivity contribution in [3.63, 3.8) is 0 Å². The number of nitrogens with two attached hydrogens (primary N) is 1. The number of halogens is 1. The fraction of sp³-hybridized carbons (Fsp3) is 0.182. The lowest BCUT2D eigenvalue weighted by molar-refractivity contribution is 0.444. The molecule has 1 unspecified atom stereocenters. The topological polar surface area (TPSA) is 64.1 Å². The summed E-state index contributed by atoms with van der Waals surface area (Å²) in [7, 11) is 0. The molecule has 0 fully saturated rings. The molecule has 16 heavy (non-hydrogen) atoms. The highest BCUT2D eigenvalue weighted by Crippen LogP contribution is 2.29. The molecule has 0 aliphatic rings. The quantitative estimate of drug-likeness (QED) is 0.669. The molecule has 0 aromatic carbocycles. The van der Waals surface area contributed by atoms with Crippen LogP contribution in [0.25, 0.3) is 0 Å². The lowest BCUT2D eigenvalue weighted by Gasteiger charge is -2.15. The van der Waals surface area contributed by atoms with Gasteiger partial charge in [-0.2, -0.15) is 0 Å². The third kappa shape index (κ3) is 2.02. The molecule has 84 valence electrons. The average Bonchev–Trinajstić information content (AvgIpc) is 2.69. The molecule has 2 aromatic rings. The van der Waals surface area contributed by atoms with Crippen LogP contribution in [-0.4, -0.2) is 4.98 Å². The van der Waals surface area contributed by atoms with Crippen LogP contribution in [0.5, 0.6) is 0 Å². The molecular formula is C11H12BrN3O. The number of hydrogen-bond donors (Lipinski definition) is 2. The number of aryl methyl sites for hydroxylation is 1. The minimum atomic E-state index is -0.245. The summed E-state index contributed by atoms with van der Waals surface area (Å²) in [5, 5.41) is 0. The van der Waals surface area contributed by atoms with Crippen molar-refractivity contribution in [2.75, 3.05) is 0 Å². The number of furan rings is 1. The summed E-state index contributed by atoms with van der Waals surface area (Å²) >= 11 is 3.41. The van der Waals surface area contributed by atoms with E-state index in [9.17, 15) is 0 Å². The first kappa shape index (κ1) is 11.3. The van der Waals surface area contributed by atoms with Gasteiger partial charge in [-0.05, 0) is 40.5 Å². The maximum Gasteiger partial charge on any atom is 0.142 e. The first-order valence-electron chi connectivity index (χ1n) is 4.84. The summed E-state index contributed by atoms with van der Waals surface area (Å²) in [6, 6.07) is 5.47. The zero-order chi connectivity index (χ0) is 11.5. The summed E-state index contributed by atoms with van der Waals surface area (Å²) in [6.07, 6.45) is 3.35. The second kappa shape index (κ2) is 4.78. The molecular weight excluding hydrogens is 270 g/mol. The van der Waals surface area contributed by atoms with Crippen LogP contribution < -0.4 is 11.3 Å². The largest absolute Gasteiger partial charge is 0.466 e. The molecule has 2 rings (SSSR count). The fourth-order valence-corrected chi connectivity index (χ4v) is 2.02. The van der Waals surface area contributed by atoms with Gasteiger partial charge in [0.15, 0.2) is 0 Å². The maximum atomic E-state index is 5.56. The zero-order valence-electron chi connectivity index (χ0n) is 8.77. The zero-order valence-corrected chi connectivity index (χ0v) is 10.4. The van der Waals surface area contributed by atoms with Crippen LogP contribution in [0.2, 0.25) is 0 Å². The summed E-state index contributed by atoms with van der Waals surface area (Å²) in [5.41, 5.74) is 4.64. The molecule has 4 nitrogen and oxygen atoms in total. The van der Waals surface area contributed by atoms with Gasteiger partial charge in [0.1, 0.15) is 11.8 Å². The molecule has 0 spiro atoms. The molecule has 0 saturated carbocycles. The first-order chi connectivity index (χ1) is 7.74. The van der Waals surface area contributed by atoms with Crippen molar-refractivity contribution in [2.45, 2.75) is 13.0 Å². The van der Waals surface area contributed by atoms with E-state index in [0.29, 0.717) is 0 Å². The minimum Gasteiger partial charge on any atom is -0.466 e. The van der Waals surface area contributed by atoms with Crippen molar-refractivity contribution in [1.82, 2.24) is 10.4 Å². The van der Waals surface area contributed by atoms with Gasteiger partial charge in [0.05, 0.1) is 16.4 Å². The Morgan fingerprint density at radius 3 is 2.88 bits per heavy atom. The van der Waals surface area contributed by atoms with Crippen molar-refractivity contribution in [1.29, 1.82) is 0 Å². The number of rotatable bonds is 3. The second-order valence-corrected chi connectivity index (χ2v) is 4.29. The molecule has 2 aromatic heterocycles. The standard InChI is InChI=1S/C11H12BrN3O/c1-7-3-2-5-14-9(7)10(15-13)11-8(12)4-6-16-11/h2-6,10,15H,13H2,1H3. The summed E-state index contributed by atoms with van der Waals surface area (Å²) in [4.78, 5) is 4.32. The van der Waals surface area contributed by atoms with E-state index in [-0.39, 0.29) is 6.04 Å². The maximum absolute atomic E-state index is 5.56. The van der Waals surface area contributed by atoms with E-state index in [4.69, 9.17) is 10.3 Å². The molecule has 0 aliphatic carbocycles. The minimum absolute atomic E-state index is 0.245. The molecule has 1 atom stereocenters. The Hall–Kier alpha value is -1.17. The van der Waals surface area contributed by atoms with E-state index in [0.717, 1.165) is 21.5 Å². The Morgan fingerprint density at radius 2 is 2.31 bits per heavy atom.